The number of aryl methyl sites for hydroxylation is 2. The van der Waals surface area contributed by atoms with Gasteiger partial charge in [0.2, 0.25) is 0 Å². The van der Waals surface area contributed by atoms with Gasteiger partial charge in [-0.25, -0.2) is 9.59 Å². The second kappa shape index (κ2) is 23.4. The Morgan fingerprint density at radius 1 is 0.819 bits per heavy atom. The number of aromatic amines is 2. The highest BCUT2D eigenvalue weighted by molar-refractivity contribution is 8.07. The van der Waals surface area contributed by atoms with Crippen LogP contribution in [0.25, 0.3) is 0 Å². The Hall–Kier alpha value is -5.78. The molecule has 0 bridgehead atoms. The van der Waals surface area contributed by atoms with Gasteiger partial charge in [-0.05, 0) is 85.9 Å². The first-order valence-corrected chi connectivity index (χ1v) is 26.3. The SMILES string of the molecule is C=CCC(CC)(CC)C(CC#N)OP(=S)(OC[C@H]1O[C@@H](n2cc(C)c(=O)[nH]c2=O)C[C@@H]1O)O[C@H]1C[C@H](n2cc(C)c(=O)[nH]c2=O)O[C@@H]1COC(c1ccccc1)(c1ccc(OC)cc1)c1ccc(OC)cc1. The molecule has 3 N–H and O–H groups in total. The Morgan fingerprint density at radius 2 is 1.33 bits per heavy atom. The van der Waals surface area contributed by atoms with Crippen molar-refractivity contribution < 1.29 is 42.4 Å². The lowest BCUT2D eigenvalue weighted by atomic mass is 9.73. The van der Waals surface area contributed by atoms with Crippen molar-refractivity contribution in [3.63, 3.8) is 0 Å². The predicted octanol–water partition coefficient (Wildman–Crippen LogP) is 6.97. The van der Waals surface area contributed by atoms with Gasteiger partial charge in [0.05, 0.1) is 58.2 Å². The van der Waals surface area contributed by atoms with Gasteiger partial charge in [-0.2, -0.15) is 5.26 Å². The maximum Gasteiger partial charge on any atom is 0.330 e. The predicted molar refractivity (Wildman–Crippen MR) is 271 cm³/mol. The average Bonchev–Trinajstić information content (AvgIpc) is 3.96. The summed E-state index contributed by atoms with van der Waals surface area (Å²) in [5.74, 6) is 1.25. The number of nitrogens with one attached hydrogen (secondary N) is 2. The van der Waals surface area contributed by atoms with Gasteiger partial charge in [-0.3, -0.25) is 28.7 Å². The number of allylic oxidation sites excluding steroid dienone is 1. The minimum absolute atomic E-state index is 0.0185. The topological polar surface area (TPSA) is 228 Å². The van der Waals surface area contributed by atoms with Gasteiger partial charge in [0, 0.05) is 41.8 Å². The van der Waals surface area contributed by atoms with Crippen LogP contribution < -0.4 is 32.0 Å². The summed E-state index contributed by atoms with van der Waals surface area (Å²) in [5.41, 5.74) is -1.70. The van der Waals surface area contributed by atoms with E-state index in [2.05, 4.69) is 22.6 Å². The molecule has 4 heterocycles. The molecule has 2 saturated heterocycles. The summed E-state index contributed by atoms with van der Waals surface area (Å²) in [7, 11) is 3.17. The molecule has 7 rings (SSSR count). The van der Waals surface area contributed by atoms with E-state index in [0.29, 0.717) is 30.8 Å². The van der Waals surface area contributed by atoms with Crippen molar-refractivity contribution in [3.05, 3.63) is 173 Å². The number of hydrogen-bond acceptors (Lipinski definition) is 15. The lowest BCUT2D eigenvalue weighted by Gasteiger charge is -2.41. The molecule has 0 amide bonds. The summed E-state index contributed by atoms with van der Waals surface area (Å²) in [6, 6.07) is 26.9. The third-order valence-corrected chi connectivity index (χ3v) is 16.1. The minimum atomic E-state index is -4.10. The first-order chi connectivity index (χ1) is 34.6. The summed E-state index contributed by atoms with van der Waals surface area (Å²) in [6.45, 7) is 6.44. The number of H-pyrrole nitrogens is 2. The molecule has 2 fully saturated rings. The van der Waals surface area contributed by atoms with Crippen molar-refractivity contribution in [2.45, 2.75) is 115 Å². The van der Waals surface area contributed by atoms with E-state index in [4.69, 9.17) is 49.1 Å². The molecule has 0 radical (unpaired) electrons. The number of nitrogens with zero attached hydrogens (tertiary/aromatic N) is 3. The summed E-state index contributed by atoms with van der Waals surface area (Å²) >= 11 is 6.37. The summed E-state index contributed by atoms with van der Waals surface area (Å²) in [5, 5.41) is 21.6. The van der Waals surface area contributed by atoms with Crippen LogP contribution in [0.3, 0.4) is 0 Å². The first-order valence-electron chi connectivity index (χ1n) is 23.8. The van der Waals surface area contributed by atoms with Gasteiger partial charge in [0.15, 0.2) is 0 Å². The van der Waals surface area contributed by atoms with Crippen molar-refractivity contribution in [1.29, 1.82) is 5.26 Å². The minimum Gasteiger partial charge on any atom is -0.497 e. The second-order valence-corrected chi connectivity index (χ2v) is 20.9. The molecule has 72 heavy (non-hydrogen) atoms. The average molecular weight is 1030 g/mol. The fourth-order valence-corrected chi connectivity index (χ4v) is 12.0. The van der Waals surface area contributed by atoms with E-state index in [0.717, 1.165) is 16.7 Å². The van der Waals surface area contributed by atoms with Crippen LogP contribution in [0.4, 0.5) is 0 Å². The Balaban J connectivity index is 1.31. The number of aromatic nitrogens is 4. The molecule has 384 valence electrons. The number of ether oxygens (including phenoxy) is 5. The normalized spacial score (nSPS) is 21.4. The molecule has 2 unspecified atom stereocenters. The standard InChI is InChI=1S/C52H62N5O13PS/c1-8-25-51(9-2,10-3)44(24-26-53)70-71(72,66-32-42-40(58)27-45(67-42)56-29-33(4)47(59)54-49(56)61)69-41-28-46(57-30-34(5)48(60)55-50(57)62)68-43(41)31-65-52(35-14-12-11-13-15-35,36-16-20-38(63-6)21-17-36)37-18-22-39(64-7)23-19-37/h8,11-23,29-30,40-46,58H,1,9-10,24-25,27-28,31-32H2,2-7H3,(H,54,59,61)(H,55,60,62)/t40-,41-,42+,43+,44?,45+,46+,71?/m0/s1. The number of methoxy groups -OCH3 is 2. The van der Waals surface area contributed by atoms with Crippen LogP contribution in [0.1, 0.15) is 92.6 Å². The smallest absolute Gasteiger partial charge is 0.330 e. The Morgan fingerprint density at radius 3 is 1.83 bits per heavy atom. The van der Waals surface area contributed by atoms with Crippen molar-refractivity contribution in [2.75, 3.05) is 27.4 Å². The highest BCUT2D eigenvalue weighted by Gasteiger charge is 2.48. The molecule has 2 aliphatic heterocycles. The van der Waals surface area contributed by atoms with Crippen molar-refractivity contribution >= 4 is 18.5 Å². The van der Waals surface area contributed by atoms with Crippen LogP contribution in [-0.2, 0) is 45.2 Å². The maximum atomic E-state index is 13.5. The van der Waals surface area contributed by atoms with Crippen LogP contribution in [0.15, 0.2) is 123 Å². The van der Waals surface area contributed by atoms with Gasteiger partial charge < -0.3 is 42.4 Å². The monoisotopic (exact) mass is 1030 g/mol. The van der Waals surface area contributed by atoms with E-state index in [1.54, 1.807) is 34.1 Å². The van der Waals surface area contributed by atoms with Crippen molar-refractivity contribution in [1.82, 2.24) is 19.1 Å². The molecule has 2 aromatic heterocycles. The zero-order chi connectivity index (χ0) is 51.8. The third-order valence-electron chi connectivity index (χ3n) is 13.8. The fraction of sp³-hybridized carbons (Fsp3) is 0.442. The first kappa shape index (κ1) is 54.0. The van der Waals surface area contributed by atoms with E-state index in [9.17, 15) is 29.5 Å². The summed E-state index contributed by atoms with van der Waals surface area (Å²) in [4.78, 5) is 55.8. The Labute approximate surface area is 422 Å². The molecule has 20 heteroatoms. The van der Waals surface area contributed by atoms with Gasteiger partial charge in [0.25, 0.3) is 11.1 Å². The van der Waals surface area contributed by atoms with Crippen LogP contribution in [0, 0.1) is 30.6 Å². The largest absolute Gasteiger partial charge is 0.497 e. The Kier molecular flexibility index (Phi) is 17.5. The molecular formula is C52H62N5O13PS. The van der Waals surface area contributed by atoms with E-state index in [-0.39, 0.29) is 43.6 Å². The highest BCUT2D eigenvalue weighted by atomic mass is 32.5. The van der Waals surface area contributed by atoms with Gasteiger partial charge >= 0.3 is 18.1 Å². The van der Waals surface area contributed by atoms with Gasteiger partial charge in [-0.15, -0.1) is 6.58 Å². The third kappa shape index (κ3) is 11.5. The number of rotatable bonds is 23. The quantitative estimate of drug-likeness (QED) is 0.0341. The van der Waals surface area contributed by atoms with Gasteiger partial charge in [0.1, 0.15) is 41.8 Å². The molecular weight excluding hydrogens is 966 g/mol. The summed E-state index contributed by atoms with van der Waals surface area (Å²) < 4.78 is 54.3. The van der Waals surface area contributed by atoms with E-state index >= 15 is 0 Å². The molecule has 5 aromatic rings. The molecule has 18 nitrogen and oxygen atoms in total. The number of nitriles is 1. The zero-order valence-electron chi connectivity index (χ0n) is 41.2. The number of benzene rings is 3. The van der Waals surface area contributed by atoms with Crippen molar-refractivity contribution in [3.8, 4) is 17.6 Å². The van der Waals surface area contributed by atoms with Crippen molar-refractivity contribution in [2.24, 2.45) is 5.41 Å². The van der Waals surface area contributed by atoms with E-state index in [1.807, 2.05) is 92.7 Å². The van der Waals surface area contributed by atoms with Crippen LogP contribution in [0.5, 0.6) is 11.5 Å². The maximum absolute atomic E-state index is 13.5. The molecule has 0 saturated carbocycles. The van der Waals surface area contributed by atoms with Crippen LogP contribution in [-0.4, -0.2) is 82.2 Å². The fourth-order valence-electron chi connectivity index (χ4n) is 9.48. The number of aliphatic hydroxyl groups excluding tert-OH is 1. The summed E-state index contributed by atoms with van der Waals surface area (Å²) in [6.07, 6.45) is -1.04. The molecule has 0 aliphatic carbocycles. The molecule has 3 aromatic carbocycles. The zero-order valence-corrected chi connectivity index (χ0v) is 42.9. The Bertz CT molecular complexity index is 2940. The lowest BCUT2D eigenvalue weighted by molar-refractivity contribution is -0.0959. The molecule has 2 aliphatic rings. The molecule has 8 atom stereocenters. The number of aliphatic hydroxyl groups is 1. The molecule has 0 spiro atoms. The van der Waals surface area contributed by atoms with Gasteiger partial charge in [-0.1, -0.05) is 74.5 Å². The van der Waals surface area contributed by atoms with Crippen LogP contribution in [0.2, 0.25) is 0 Å². The highest BCUT2D eigenvalue weighted by Crippen LogP contribution is 2.58. The number of hydrogen-bond donors (Lipinski definition) is 3. The second-order valence-electron chi connectivity index (χ2n) is 18.0. The van der Waals surface area contributed by atoms with E-state index < -0.39 is 83.2 Å². The van der Waals surface area contributed by atoms with E-state index in [1.165, 1.54) is 21.5 Å². The van der Waals surface area contributed by atoms with Crippen LogP contribution >= 0.6 is 6.72 Å². The lowest BCUT2D eigenvalue weighted by Crippen LogP contribution is -2.39.